The fourth-order valence-electron chi connectivity index (χ4n) is 3.76. The second-order valence-electron chi connectivity index (χ2n) is 8.60. The van der Waals surface area contributed by atoms with Crippen molar-refractivity contribution in [3.8, 4) is 0 Å². The molecule has 0 saturated heterocycles. The first-order valence-corrected chi connectivity index (χ1v) is 15.7. The lowest BCUT2D eigenvalue weighted by Crippen LogP contribution is -2.27. The summed E-state index contributed by atoms with van der Waals surface area (Å²) < 4.78 is 24.8. The summed E-state index contributed by atoms with van der Waals surface area (Å²) in [5, 5.41) is 10.7. The van der Waals surface area contributed by atoms with Gasteiger partial charge in [-0.3, -0.25) is 19.0 Å². The number of fused-ring (bicyclic) bond motifs is 1. The Morgan fingerprint density at radius 1 is 1.08 bits per heavy atom. The highest BCUT2D eigenvalue weighted by Crippen LogP contribution is 2.22. The molecular weight excluding hydrogens is 580 g/mol. The van der Waals surface area contributed by atoms with Crippen LogP contribution in [-0.4, -0.2) is 42.0 Å². The van der Waals surface area contributed by atoms with Gasteiger partial charge in [-0.15, -0.1) is 11.3 Å². The molecule has 2 aromatic carbocycles. The summed E-state index contributed by atoms with van der Waals surface area (Å²) in [6.45, 7) is 0.656. The minimum absolute atomic E-state index is 0.0348. The molecule has 0 spiro atoms. The molecule has 39 heavy (non-hydrogen) atoms. The minimum atomic E-state index is -3.74. The fourth-order valence-corrected chi connectivity index (χ4v) is 6.10. The summed E-state index contributed by atoms with van der Waals surface area (Å²) >= 11 is 8.40. The van der Waals surface area contributed by atoms with Gasteiger partial charge in [0.25, 0.3) is 5.56 Å². The molecule has 9 nitrogen and oxygen atoms in total. The van der Waals surface area contributed by atoms with Crippen LogP contribution in [0.25, 0.3) is 10.2 Å². The summed E-state index contributed by atoms with van der Waals surface area (Å²) in [5.41, 5.74) is 1.77. The lowest BCUT2D eigenvalue weighted by atomic mass is 10.1. The molecular formula is C26H25ClN4O5S3. The van der Waals surface area contributed by atoms with Crippen LogP contribution >= 0.6 is 34.7 Å². The van der Waals surface area contributed by atoms with E-state index in [0.29, 0.717) is 45.3 Å². The number of hydrogen-bond donors (Lipinski definition) is 2. The Labute approximate surface area is 238 Å². The quantitative estimate of drug-likeness (QED) is 0.142. The summed E-state index contributed by atoms with van der Waals surface area (Å²) in [6.07, 6.45) is 1.14. The molecule has 204 valence electrons. The van der Waals surface area contributed by atoms with Crippen LogP contribution < -0.4 is 16.0 Å². The molecule has 0 aliphatic heterocycles. The largest absolute Gasteiger partial charge is 0.356 e. The number of nitrogens with zero attached hydrogens (tertiary/aromatic N) is 2. The topological polar surface area (TPSA) is 141 Å². The van der Waals surface area contributed by atoms with Crippen molar-refractivity contribution in [2.45, 2.75) is 35.9 Å². The molecule has 2 aromatic heterocycles. The van der Waals surface area contributed by atoms with Gasteiger partial charge in [-0.2, -0.15) is 0 Å². The van der Waals surface area contributed by atoms with E-state index in [4.69, 9.17) is 16.7 Å². The van der Waals surface area contributed by atoms with Crippen molar-refractivity contribution < 1.29 is 18.0 Å². The monoisotopic (exact) mass is 604 g/mol. The molecule has 4 aromatic rings. The highest BCUT2D eigenvalue weighted by atomic mass is 35.5. The number of Topliss-reactive ketones (excluding diaryl/α,β-unsaturated/α-hetero) is 1. The van der Waals surface area contributed by atoms with Gasteiger partial charge in [0, 0.05) is 30.1 Å². The number of ketones is 1. The van der Waals surface area contributed by atoms with Gasteiger partial charge in [-0.1, -0.05) is 35.5 Å². The summed E-state index contributed by atoms with van der Waals surface area (Å²) in [7, 11) is -3.74. The van der Waals surface area contributed by atoms with E-state index >= 15 is 0 Å². The number of halogens is 1. The van der Waals surface area contributed by atoms with Gasteiger partial charge < -0.3 is 5.32 Å². The zero-order valence-corrected chi connectivity index (χ0v) is 23.8. The lowest BCUT2D eigenvalue weighted by molar-refractivity contribution is -0.121. The second-order valence-corrected chi connectivity index (χ2v) is 12.5. The molecule has 13 heteroatoms. The first-order chi connectivity index (χ1) is 18.6. The van der Waals surface area contributed by atoms with E-state index in [-0.39, 0.29) is 40.9 Å². The third-order valence-electron chi connectivity index (χ3n) is 5.80. The predicted octanol–water partition coefficient (Wildman–Crippen LogP) is 3.87. The average Bonchev–Trinajstić information content (AvgIpc) is 3.38. The van der Waals surface area contributed by atoms with Crippen molar-refractivity contribution >= 4 is 66.6 Å². The number of thioether (sulfide) groups is 1. The molecule has 0 bridgehead atoms. The average molecular weight is 605 g/mol. The summed E-state index contributed by atoms with van der Waals surface area (Å²) in [6, 6.07) is 14.6. The van der Waals surface area contributed by atoms with Gasteiger partial charge in [0.15, 0.2) is 10.9 Å². The highest BCUT2D eigenvalue weighted by Gasteiger charge is 2.16. The van der Waals surface area contributed by atoms with Crippen LogP contribution in [0.1, 0.15) is 28.8 Å². The molecule has 3 N–H and O–H groups in total. The number of aromatic nitrogens is 2. The van der Waals surface area contributed by atoms with Crippen molar-refractivity contribution in [1.29, 1.82) is 0 Å². The number of hydrogen-bond acceptors (Lipinski definition) is 8. The number of benzene rings is 2. The Hall–Kier alpha value is -3.03. The molecule has 2 heterocycles. The molecule has 4 rings (SSSR count). The Morgan fingerprint density at radius 2 is 1.79 bits per heavy atom. The molecule has 1 amide bonds. The van der Waals surface area contributed by atoms with Gasteiger partial charge in [0.05, 0.1) is 16.2 Å². The van der Waals surface area contributed by atoms with Crippen LogP contribution in [0.3, 0.4) is 0 Å². The molecule has 0 fully saturated rings. The van der Waals surface area contributed by atoms with E-state index < -0.39 is 10.0 Å². The van der Waals surface area contributed by atoms with E-state index in [9.17, 15) is 22.8 Å². The number of carbonyl (C=O) groups excluding carboxylic acids is 2. The fraction of sp³-hybridized carbons (Fsp3) is 0.231. The van der Waals surface area contributed by atoms with Crippen molar-refractivity contribution in [1.82, 2.24) is 14.9 Å². The Kier molecular flexibility index (Phi) is 9.57. The molecule has 0 aliphatic carbocycles. The third-order valence-corrected chi connectivity index (χ3v) is 8.85. The van der Waals surface area contributed by atoms with Crippen molar-refractivity contribution in [2.75, 3.05) is 12.3 Å². The maximum atomic E-state index is 13.1. The summed E-state index contributed by atoms with van der Waals surface area (Å²) in [5.74, 6) is -0.175. The molecule has 0 aliphatic rings. The molecule has 0 atom stereocenters. The zero-order valence-electron chi connectivity index (χ0n) is 20.6. The van der Waals surface area contributed by atoms with Crippen LogP contribution in [0.5, 0.6) is 0 Å². The van der Waals surface area contributed by atoms with Gasteiger partial charge in [0.1, 0.15) is 4.70 Å². The van der Waals surface area contributed by atoms with Crippen molar-refractivity contribution in [3.05, 3.63) is 86.5 Å². The Morgan fingerprint density at radius 3 is 2.49 bits per heavy atom. The maximum Gasteiger partial charge on any atom is 0.272 e. The van der Waals surface area contributed by atoms with Gasteiger partial charge in [-0.25, -0.2) is 18.5 Å². The molecule has 0 unspecified atom stereocenters. The van der Waals surface area contributed by atoms with Gasteiger partial charge in [0.2, 0.25) is 15.9 Å². The minimum Gasteiger partial charge on any atom is -0.356 e. The van der Waals surface area contributed by atoms with E-state index in [1.807, 2.05) is 0 Å². The van der Waals surface area contributed by atoms with Gasteiger partial charge in [-0.05, 0) is 66.2 Å². The zero-order chi connectivity index (χ0) is 28.0. The summed E-state index contributed by atoms with van der Waals surface area (Å²) in [4.78, 5) is 42.8. The SMILES string of the molecule is NS(=O)(=O)c1ccc(CCNC(=O)CCCn2c(SCC(=O)c3ccc(Cl)cc3)nc3ccsc3c2=O)cc1. The number of rotatable bonds is 12. The predicted molar refractivity (Wildman–Crippen MR) is 154 cm³/mol. The van der Waals surface area contributed by atoms with E-state index in [1.165, 1.54) is 39.8 Å². The van der Waals surface area contributed by atoms with E-state index in [2.05, 4.69) is 10.3 Å². The molecule has 0 saturated carbocycles. The first-order valence-electron chi connectivity index (χ1n) is 11.9. The van der Waals surface area contributed by atoms with Crippen LogP contribution in [0.15, 0.2) is 74.8 Å². The number of primary sulfonamides is 1. The van der Waals surface area contributed by atoms with E-state index in [1.54, 1.807) is 47.8 Å². The van der Waals surface area contributed by atoms with Crippen LogP contribution in [0, 0.1) is 0 Å². The maximum absolute atomic E-state index is 13.1. The molecule has 0 radical (unpaired) electrons. The van der Waals surface area contributed by atoms with Crippen molar-refractivity contribution in [2.24, 2.45) is 5.14 Å². The van der Waals surface area contributed by atoms with Crippen LogP contribution in [-0.2, 0) is 27.8 Å². The number of carbonyl (C=O) groups is 2. The Balaban J connectivity index is 1.33. The number of nitrogens with one attached hydrogen (secondary N) is 1. The first kappa shape index (κ1) is 29.0. The van der Waals surface area contributed by atoms with Crippen LogP contribution in [0.4, 0.5) is 0 Å². The third kappa shape index (κ3) is 7.76. The van der Waals surface area contributed by atoms with Crippen LogP contribution in [0.2, 0.25) is 5.02 Å². The van der Waals surface area contributed by atoms with E-state index in [0.717, 1.165) is 5.56 Å². The number of sulfonamides is 1. The van der Waals surface area contributed by atoms with Gasteiger partial charge >= 0.3 is 0 Å². The normalized spacial score (nSPS) is 11.5. The number of thiophene rings is 1. The number of amides is 1. The standard InChI is InChI=1S/C26H25ClN4O5S3/c27-19-7-5-18(6-8-19)22(32)16-38-26-30-21-12-15-37-24(21)25(34)31(26)14-1-2-23(33)29-13-11-17-3-9-20(10-4-17)39(28,35)36/h3-10,12,15H,1-2,11,13-14,16H2,(H,29,33)(H2,28,35,36). The second kappa shape index (κ2) is 12.9. The Bertz CT molecular complexity index is 1650. The lowest BCUT2D eigenvalue weighted by Gasteiger charge is -2.12. The van der Waals surface area contributed by atoms with Crippen molar-refractivity contribution in [3.63, 3.8) is 0 Å². The highest BCUT2D eigenvalue weighted by molar-refractivity contribution is 7.99. The number of nitrogens with two attached hydrogens (primary N) is 1. The smallest absolute Gasteiger partial charge is 0.272 e.